The zero-order valence-corrected chi connectivity index (χ0v) is 21.5. The third-order valence-corrected chi connectivity index (χ3v) is 5.08. The average Bonchev–Trinajstić information content (AvgIpc) is 3.30. The molecule has 0 fully saturated rings. The Labute approximate surface area is 216 Å². The van der Waals surface area contributed by atoms with Crippen molar-refractivity contribution in [1.82, 2.24) is 20.4 Å². The summed E-state index contributed by atoms with van der Waals surface area (Å²) in [6.45, 7) is 7.94. The Kier molecular flexibility index (Phi) is 11.0. The molecule has 0 radical (unpaired) electrons. The molecule has 0 bridgehead atoms. The van der Waals surface area contributed by atoms with Crippen LogP contribution < -0.4 is 16.4 Å². The van der Waals surface area contributed by atoms with Crippen LogP contribution >= 0.6 is 0 Å². The van der Waals surface area contributed by atoms with Gasteiger partial charge in [-0.25, -0.2) is 9.48 Å². The molecule has 0 spiro atoms. The van der Waals surface area contributed by atoms with Crippen LogP contribution in [0.2, 0.25) is 0 Å². The van der Waals surface area contributed by atoms with E-state index >= 15 is 0 Å². The number of ether oxygens (including phenoxy) is 1. The highest BCUT2D eigenvalue weighted by Gasteiger charge is 2.27. The van der Waals surface area contributed by atoms with Gasteiger partial charge in [-0.3, -0.25) is 14.4 Å². The minimum Gasteiger partial charge on any atom is -0.450 e. The monoisotopic (exact) mass is 507 g/mol. The van der Waals surface area contributed by atoms with Gasteiger partial charge in [0.15, 0.2) is 0 Å². The van der Waals surface area contributed by atoms with Crippen molar-refractivity contribution in [2.45, 2.75) is 46.7 Å². The van der Waals surface area contributed by atoms with Gasteiger partial charge in [0.1, 0.15) is 11.7 Å². The number of aryl methyl sites for hydroxylation is 1. The van der Waals surface area contributed by atoms with Crippen molar-refractivity contribution >= 4 is 23.7 Å². The van der Waals surface area contributed by atoms with Crippen molar-refractivity contribution in [3.63, 3.8) is 0 Å². The summed E-state index contributed by atoms with van der Waals surface area (Å²) in [6, 6.07) is 16.5. The normalized spacial score (nSPS) is 10.9. The lowest BCUT2D eigenvalue weighted by Crippen LogP contribution is -2.47. The molecular weight excluding hydrogens is 474 g/mol. The lowest BCUT2D eigenvalue weighted by molar-refractivity contribution is -0.137. The Morgan fingerprint density at radius 3 is 2.32 bits per heavy atom. The maximum absolute atomic E-state index is 13.2. The predicted octanol–water partition coefficient (Wildman–Crippen LogP) is 2.85. The number of Topliss-reactive ketones (excluding diaryl/α,β-unsaturated/α-hetero) is 1. The van der Waals surface area contributed by atoms with Crippen LogP contribution in [0.1, 0.15) is 48.1 Å². The van der Waals surface area contributed by atoms with E-state index in [2.05, 4.69) is 15.7 Å². The highest BCUT2D eigenvalue weighted by atomic mass is 16.5. The summed E-state index contributed by atoms with van der Waals surface area (Å²) >= 11 is 0. The van der Waals surface area contributed by atoms with Gasteiger partial charge in [0.05, 0.1) is 18.0 Å². The van der Waals surface area contributed by atoms with Crippen LogP contribution in [-0.2, 0) is 27.3 Å². The maximum atomic E-state index is 13.2. The van der Waals surface area contributed by atoms with Gasteiger partial charge in [0.25, 0.3) is 11.8 Å². The molecule has 3 rings (SSSR count). The predicted molar refractivity (Wildman–Crippen MR) is 139 cm³/mol. The van der Waals surface area contributed by atoms with Crippen molar-refractivity contribution in [2.24, 2.45) is 5.73 Å². The van der Waals surface area contributed by atoms with E-state index < -0.39 is 29.7 Å². The van der Waals surface area contributed by atoms with Gasteiger partial charge in [-0.05, 0) is 43.2 Å². The Morgan fingerprint density at radius 1 is 1.00 bits per heavy atom. The van der Waals surface area contributed by atoms with Crippen molar-refractivity contribution in [1.29, 1.82) is 0 Å². The first-order valence-electron chi connectivity index (χ1n) is 12.0. The summed E-state index contributed by atoms with van der Waals surface area (Å²) in [4.78, 5) is 48.8. The molecule has 10 nitrogen and oxygen atoms in total. The molecule has 37 heavy (non-hydrogen) atoms. The molecule has 196 valence electrons. The molecule has 0 saturated carbocycles. The topological polar surface area (TPSA) is 145 Å². The van der Waals surface area contributed by atoms with E-state index in [1.807, 2.05) is 26.0 Å². The van der Waals surface area contributed by atoms with Gasteiger partial charge in [-0.15, -0.1) is 0 Å². The van der Waals surface area contributed by atoms with E-state index in [1.54, 1.807) is 62.4 Å². The Bertz CT molecular complexity index is 1220. The second kappa shape index (κ2) is 14.2. The van der Waals surface area contributed by atoms with Crippen LogP contribution in [0.3, 0.4) is 0 Å². The van der Waals surface area contributed by atoms with E-state index in [9.17, 15) is 19.2 Å². The van der Waals surface area contributed by atoms with E-state index in [1.165, 1.54) is 4.68 Å². The van der Waals surface area contributed by atoms with Gasteiger partial charge in [0, 0.05) is 13.0 Å². The second-order valence-electron chi connectivity index (χ2n) is 7.77. The number of alkyl carbamates (subject to hydrolysis) is 1. The van der Waals surface area contributed by atoms with Crippen molar-refractivity contribution < 1.29 is 23.9 Å². The van der Waals surface area contributed by atoms with Crippen LogP contribution in [-0.4, -0.2) is 46.1 Å². The number of carbonyl (C=O) groups excluding carboxylic acids is 4. The Hall–Kier alpha value is -4.47. The molecule has 1 unspecified atom stereocenters. The van der Waals surface area contributed by atoms with Crippen molar-refractivity contribution in [3.05, 3.63) is 83.2 Å². The summed E-state index contributed by atoms with van der Waals surface area (Å²) in [5, 5.41) is 9.68. The average molecular weight is 508 g/mol. The number of nitrogens with zero attached hydrogens (tertiary/aromatic N) is 2. The van der Waals surface area contributed by atoms with Crippen molar-refractivity contribution in [3.8, 4) is 5.69 Å². The van der Waals surface area contributed by atoms with Gasteiger partial charge >= 0.3 is 6.09 Å². The zero-order valence-electron chi connectivity index (χ0n) is 21.5. The van der Waals surface area contributed by atoms with Crippen molar-refractivity contribution in [2.75, 3.05) is 6.61 Å². The molecule has 0 saturated heterocycles. The fraction of sp³-hybridized carbons (Fsp3) is 0.296. The first-order chi connectivity index (χ1) is 17.8. The SMILES string of the molecule is CC.CCOC(=O)NCc1cccc(-n2nc(C)cc2C(=O)NC(Cc2ccccc2)C(=O)C(N)=O)c1. The summed E-state index contributed by atoms with van der Waals surface area (Å²) < 4.78 is 6.30. The maximum Gasteiger partial charge on any atom is 0.407 e. The molecule has 0 aliphatic carbocycles. The molecule has 3 aromatic rings. The van der Waals surface area contributed by atoms with Crippen LogP contribution in [0.5, 0.6) is 0 Å². The van der Waals surface area contributed by atoms with Gasteiger partial charge in [-0.1, -0.05) is 56.3 Å². The highest BCUT2D eigenvalue weighted by Crippen LogP contribution is 2.16. The molecule has 3 amide bonds. The number of hydrogen-bond donors (Lipinski definition) is 3. The summed E-state index contributed by atoms with van der Waals surface area (Å²) in [5.74, 6) is -2.61. The lowest BCUT2D eigenvalue weighted by atomic mass is 10.0. The highest BCUT2D eigenvalue weighted by molar-refractivity contribution is 6.38. The first-order valence-corrected chi connectivity index (χ1v) is 12.0. The van der Waals surface area contributed by atoms with Crippen LogP contribution in [0.25, 0.3) is 5.69 Å². The second-order valence-corrected chi connectivity index (χ2v) is 7.77. The van der Waals surface area contributed by atoms with Crippen LogP contribution in [0, 0.1) is 6.92 Å². The fourth-order valence-corrected chi connectivity index (χ4v) is 3.48. The molecule has 1 atom stereocenters. The standard InChI is InChI=1S/C25H27N5O5.C2H6/c1-3-35-25(34)27-15-18-10-7-11-19(13-18)30-21(12-16(2)29-30)24(33)28-20(22(31)23(26)32)14-17-8-5-4-6-9-17;1-2/h4-13,20H,3,14-15H2,1-2H3,(H2,26,32)(H,27,34)(H,28,33);1-2H3. The molecule has 1 aromatic heterocycles. The minimum absolute atomic E-state index is 0.108. The van der Waals surface area contributed by atoms with E-state index in [0.29, 0.717) is 11.4 Å². The number of nitrogens with one attached hydrogen (secondary N) is 2. The molecule has 4 N–H and O–H groups in total. The smallest absolute Gasteiger partial charge is 0.407 e. The van der Waals surface area contributed by atoms with Gasteiger partial charge in [-0.2, -0.15) is 5.10 Å². The van der Waals surface area contributed by atoms with Crippen LogP contribution in [0.15, 0.2) is 60.7 Å². The number of rotatable bonds is 10. The largest absolute Gasteiger partial charge is 0.450 e. The van der Waals surface area contributed by atoms with E-state index in [0.717, 1.165) is 11.1 Å². The Balaban J connectivity index is 0.00000235. The summed E-state index contributed by atoms with van der Waals surface area (Å²) in [6.07, 6.45) is -0.423. The Morgan fingerprint density at radius 2 is 1.68 bits per heavy atom. The van der Waals surface area contributed by atoms with Gasteiger partial charge < -0.3 is 21.1 Å². The first kappa shape index (κ1) is 28.8. The molecule has 0 aliphatic rings. The number of primary amides is 1. The van der Waals surface area contributed by atoms with Crippen LogP contribution in [0.4, 0.5) is 4.79 Å². The number of ketones is 1. The number of amides is 3. The minimum atomic E-state index is -1.13. The zero-order chi connectivity index (χ0) is 27.4. The number of aromatic nitrogens is 2. The molecule has 0 aliphatic heterocycles. The number of hydrogen-bond acceptors (Lipinski definition) is 6. The quantitative estimate of drug-likeness (QED) is 0.360. The molecule has 10 heteroatoms. The molecule has 2 aromatic carbocycles. The fourth-order valence-electron chi connectivity index (χ4n) is 3.48. The summed E-state index contributed by atoms with van der Waals surface area (Å²) in [7, 11) is 0. The molecular formula is C27H33N5O5. The van der Waals surface area contributed by atoms with Gasteiger partial charge in [0.2, 0.25) is 5.78 Å². The third-order valence-electron chi connectivity index (χ3n) is 5.08. The third kappa shape index (κ3) is 8.31. The number of nitrogens with two attached hydrogens (primary N) is 1. The summed E-state index contributed by atoms with van der Waals surface area (Å²) in [5.41, 5.74) is 8.07. The van der Waals surface area contributed by atoms with E-state index in [-0.39, 0.29) is 25.3 Å². The number of benzene rings is 2. The molecule has 1 heterocycles. The lowest BCUT2D eigenvalue weighted by Gasteiger charge is -2.17. The van der Waals surface area contributed by atoms with E-state index in [4.69, 9.17) is 10.5 Å². The number of carbonyl (C=O) groups is 4.